The van der Waals surface area contributed by atoms with E-state index >= 15 is 0 Å². The van der Waals surface area contributed by atoms with Crippen molar-refractivity contribution in [2.75, 3.05) is 6.54 Å². The molecule has 0 fully saturated rings. The quantitative estimate of drug-likeness (QED) is 0.863. The maximum atomic E-state index is 13.3. The molecule has 100 valence electrons. The van der Waals surface area contributed by atoms with Crippen molar-refractivity contribution < 1.29 is 8.78 Å². The van der Waals surface area contributed by atoms with Gasteiger partial charge < -0.3 is 5.32 Å². The van der Waals surface area contributed by atoms with Crippen molar-refractivity contribution in [1.29, 1.82) is 0 Å². The Morgan fingerprint density at radius 2 is 1.89 bits per heavy atom. The van der Waals surface area contributed by atoms with Crippen LogP contribution in [0, 0.1) is 11.6 Å². The molecular weight excluding hydrogens is 270 g/mol. The molecule has 0 spiro atoms. The van der Waals surface area contributed by atoms with Crippen molar-refractivity contribution in [2.24, 2.45) is 0 Å². The first kappa shape index (κ1) is 13.9. The predicted molar refractivity (Wildman–Crippen MR) is 72.0 cm³/mol. The number of rotatable bonds is 4. The summed E-state index contributed by atoms with van der Waals surface area (Å²) in [6.07, 6.45) is 3.30. The number of hydrogen-bond acceptors (Lipinski definition) is 2. The minimum absolute atomic E-state index is 0.168. The Hall–Kier alpha value is -1.52. The van der Waals surface area contributed by atoms with Gasteiger partial charge in [-0.3, -0.25) is 4.98 Å². The first-order valence-corrected chi connectivity index (χ1v) is 6.29. The van der Waals surface area contributed by atoms with Crippen LogP contribution in [0.3, 0.4) is 0 Å². The highest BCUT2D eigenvalue weighted by Gasteiger charge is 2.10. The summed E-state index contributed by atoms with van der Waals surface area (Å²) in [7, 11) is 0. The molecule has 1 aromatic carbocycles. The summed E-state index contributed by atoms with van der Waals surface area (Å²) >= 11 is 5.94. The summed E-state index contributed by atoms with van der Waals surface area (Å²) in [6, 6.07) is 3.92. The molecule has 2 rings (SSSR count). The second kappa shape index (κ2) is 6.08. The zero-order valence-corrected chi connectivity index (χ0v) is 11.1. The van der Waals surface area contributed by atoms with Gasteiger partial charge in [-0.1, -0.05) is 18.5 Å². The van der Waals surface area contributed by atoms with Crippen LogP contribution in [-0.2, 0) is 6.54 Å². The Kier molecular flexibility index (Phi) is 4.45. The lowest BCUT2D eigenvalue weighted by molar-refractivity contribution is 0.509. The molecule has 0 saturated carbocycles. The molecule has 0 aliphatic carbocycles. The zero-order chi connectivity index (χ0) is 13.8. The molecule has 0 saturated heterocycles. The normalized spacial score (nSPS) is 10.7. The Bertz CT molecular complexity index is 588. The Balaban J connectivity index is 2.38. The molecule has 1 heterocycles. The average Bonchev–Trinajstić information content (AvgIpc) is 2.41. The Labute approximate surface area is 115 Å². The van der Waals surface area contributed by atoms with Crippen molar-refractivity contribution in [3.8, 4) is 11.1 Å². The van der Waals surface area contributed by atoms with Gasteiger partial charge in [0.2, 0.25) is 0 Å². The fourth-order valence-electron chi connectivity index (χ4n) is 1.74. The lowest BCUT2D eigenvalue weighted by Gasteiger charge is -2.08. The van der Waals surface area contributed by atoms with Gasteiger partial charge in [0.1, 0.15) is 0 Å². The van der Waals surface area contributed by atoms with Gasteiger partial charge in [0, 0.05) is 30.1 Å². The van der Waals surface area contributed by atoms with Gasteiger partial charge in [0.25, 0.3) is 0 Å². The number of halogens is 3. The highest BCUT2D eigenvalue weighted by molar-refractivity contribution is 6.33. The minimum Gasteiger partial charge on any atom is -0.313 e. The van der Waals surface area contributed by atoms with Gasteiger partial charge in [0.05, 0.1) is 5.02 Å². The first-order chi connectivity index (χ1) is 9.11. The molecule has 5 heteroatoms. The van der Waals surface area contributed by atoms with E-state index in [1.807, 2.05) is 13.0 Å². The molecule has 0 bridgehead atoms. The SMILES string of the molecule is CCNCc1cncc(-c2cc(F)c(F)cc2Cl)c1. The van der Waals surface area contributed by atoms with E-state index in [2.05, 4.69) is 10.3 Å². The highest BCUT2D eigenvalue weighted by atomic mass is 35.5. The zero-order valence-electron chi connectivity index (χ0n) is 10.4. The maximum absolute atomic E-state index is 13.3. The van der Waals surface area contributed by atoms with Crippen LogP contribution >= 0.6 is 11.6 Å². The van der Waals surface area contributed by atoms with Gasteiger partial charge in [0.15, 0.2) is 11.6 Å². The van der Waals surface area contributed by atoms with Crippen molar-refractivity contribution >= 4 is 11.6 Å². The monoisotopic (exact) mass is 282 g/mol. The molecule has 0 amide bonds. The summed E-state index contributed by atoms with van der Waals surface area (Å²) < 4.78 is 26.3. The fourth-order valence-corrected chi connectivity index (χ4v) is 2.00. The molecule has 0 unspecified atom stereocenters. The smallest absolute Gasteiger partial charge is 0.160 e. The van der Waals surface area contributed by atoms with E-state index < -0.39 is 11.6 Å². The van der Waals surface area contributed by atoms with E-state index in [-0.39, 0.29) is 5.02 Å². The number of aromatic nitrogens is 1. The van der Waals surface area contributed by atoms with Crippen LogP contribution in [0.15, 0.2) is 30.6 Å². The van der Waals surface area contributed by atoms with E-state index in [9.17, 15) is 8.78 Å². The molecule has 0 atom stereocenters. The Morgan fingerprint density at radius 3 is 2.63 bits per heavy atom. The van der Waals surface area contributed by atoms with E-state index in [0.717, 1.165) is 24.2 Å². The predicted octanol–water partition coefficient (Wildman–Crippen LogP) is 3.79. The van der Waals surface area contributed by atoms with Gasteiger partial charge in [-0.15, -0.1) is 0 Å². The van der Waals surface area contributed by atoms with Gasteiger partial charge >= 0.3 is 0 Å². The number of hydrogen-bond donors (Lipinski definition) is 1. The van der Waals surface area contributed by atoms with Crippen LogP contribution < -0.4 is 5.32 Å². The average molecular weight is 283 g/mol. The van der Waals surface area contributed by atoms with Crippen LogP contribution in [0.25, 0.3) is 11.1 Å². The van der Waals surface area contributed by atoms with Crippen LogP contribution in [0.4, 0.5) is 8.78 Å². The van der Waals surface area contributed by atoms with E-state index in [1.54, 1.807) is 12.4 Å². The molecule has 1 aromatic heterocycles. The van der Waals surface area contributed by atoms with Gasteiger partial charge in [-0.2, -0.15) is 0 Å². The molecule has 0 aliphatic rings. The lowest BCUT2D eigenvalue weighted by Crippen LogP contribution is -2.11. The molecular formula is C14H13ClF2N2. The molecule has 1 N–H and O–H groups in total. The summed E-state index contributed by atoms with van der Waals surface area (Å²) in [5.74, 6) is -1.87. The highest BCUT2D eigenvalue weighted by Crippen LogP contribution is 2.29. The molecule has 0 aliphatic heterocycles. The second-order valence-corrected chi connectivity index (χ2v) is 4.52. The number of nitrogens with one attached hydrogen (secondary N) is 1. The topological polar surface area (TPSA) is 24.9 Å². The largest absolute Gasteiger partial charge is 0.313 e. The first-order valence-electron chi connectivity index (χ1n) is 5.91. The molecule has 2 nitrogen and oxygen atoms in total. The number of nitrogens with zero attached hydrogens (tertiary/aromatic N) is 1. The van der Waals surface area contributed by atoms with Gasteiger partial charge in [-0.25, -0.2) is 8.78 Å². The number of benzene rings is 1. The summed E-state index contributed by atoms with van der Waals surface area (Å²) in [4.78, 5) is 4.09. The van der Waals surface area contributed by atoms with Crippen LogP contribution in [0.1, 0.15) is 12.5 Å². The summed E-state index contributed by atoms with van der Waals surface area (Å²) in [5, 5.41) is 3.34. The van der Waals surface area contributed by atoms with E-state index in [4.69, 9.17) is 11.6 Å². The van der Waals surface area contributed by atoms with Crippen LogP contribution in [0.2, 0.25) is 5.02 Å². The molecule has 19 heavy (non-hydrogen) atoms. The molecule has 2 aromatic rings. The van der Waals surface area contributed by atoms with Crippen LogP contribution in [0.5, 0.6) is 0 Å². The standard InChI is InChI=1S/C14H13ClF2N2/c1-2-18-6-9-3-10(8-19-7-9)11-4-13(16)14(17)5-12(11)15/h3-5,7-8,18H,2,6H2,1H3. The van der Waals surface area contributed by atoms with Crippen molar-refractivity contribution in [2.45, 2.75) is 13.5 Å². The van der Waals surface area contributed by atoms with Crippen LogP contribution in [-0.4, -0.2) is 11.5 Å². The second-order valence-electron chi connectivity index (χ2n) is 4.11. The van der Waals surface area contributed by atoms with Crippen molar-refractivity contribution in [3.05, 3.63) is 52.8 Å². The van der Waals surface area contributed by atoms with Crippen molar-refractivity contribution in [1.82, 2.24) is 10.3 Å². The summed E-state index contributed by atoms with van der Waals surface area (Å²) in [6.45, 7) is 3.51. The van der Waals surface area contributed by atoms with E-state index in [0.29, 0.717) is 17.7 Å². The third kappa shape index (κ3) is 3.28. The van der Waals surface area contributed by atoms with Crippen molar-refractivity contribution in [3.63, 3.8) is 0 Å². The number of pyridine rings is 1. The molecule has 0 radical (unpaired) electrons. The maximum Gasteiger partial charge on any atom is 0.160 e. The fraction of sp³-hybridized carbons (Fsp3) is 0.214. The third-order valence-corrected chi connectivity index (χ3v) is 3.01. The third-order valence-electron chi connectivity index (χ3n) is 2.69. The van der Waals surface area contributed by atoms with E-state index in [1.165, 1.54) is 0 Å². The Morgan fingerprint density at radius 1 is 1.16 bits per heavy atom. The summed E-state index contributed by atoms with van der Waals surface area (Å²) in [5.41, 5.74) is 2.06. The lowest BCUT2D eigenvalue weighted by atomic mass is 10.1. The van der Waals surface area contributed by atoms with Gasteiger partial charge in [-0.05, 0) is 30.3 Å². The minimum atomic E-state index is -0.953.